The van der Waals surface area contributed by atoms with E-state index >= 15 is 0 Å². The fraction of sp³-hybridized carbons (Fsp3) is 0.385. The number of nitriles is 1. The van der Waals surface area contributed by atoms with Crippen LogP contribution in [0.15, 0.2) is 24.3 Å². The van der Waals surface area contributed by atoms with Gasteiger partial charge in [-0.3, -0.25) is 4.79 Å². The van der Waals surface area contributed by atoms with Gasteiger partial charge in [-0.1, -0.05) is 18.2 Å². The smallest absolute Gasteiger partial charge is 0.246 e. The Labute approximate surface area is 96.3 Å². The molecule has 0 aliphatic heterocycles. The van der Waals surface area contributed by atoms with Crippen LogP contribution >= 0.6 is 0 Å². The number of benzene rings is 1. The molecule has 0 atom stereocenters. The third-order valence-corrected chi connectivity index (χ3v) is 2.60. The summed E-state index contributed by atoms with van der Waals surface area (Å²) in [6, 6.07) is 9.64. The fourth-order valence-electron chi connectivity index (χ4n) is 1.52. The van der Waals surface area contributed by atoms with Crippen molar-refractivity contribution >= 4 is 11.6 Å². The van der Waals surface area contributed by atoms with E-state index in [2.05, 4.69) is 0 Å². The van der Waals surface area contributed by atoms with Crippen LogP contribution in [0.2, 0.25) is 0 Å². The summed E-state index contributed by atoms with van der Waals surface area (Å²) in [5, 5.41) is 8.93. The molecule has 0 saturated heterocycles. The normalized spacial score (nSPS) is 10.7. The second-order valence-corrected chi connectivity index (χ2v) is 4.39. The molecule has 0 fully saturated rings. The maximum Gasteiger partial charge on any atom is 0.246 e. The molecule has 84 valence electrons. The van der Waals surface area contributed by atoms with Crippen LogP contribution in [0.4, 0.5) is 5.69 Å². The van der Waals surface area contributed by atoms with E-state index in [9.17, 15) is 4.79 Å². The lowest BCUT2D eigenvalue weighted by Crippen LogP contribution is -2.37. The quantitative estimate of drug-likeness (QED) is 0.762. The molecule has 0 aromatic heterocycles. The van der Waals surface area contributed by atoms with Gasteiger partial charge in [0.25, 0.3) is 0 Å². The average molecular weight is 216 g/mol. The van der Waals surface area contributed by atoms with E-state index in [0.29, 0.717) is 0 Å². The van der Waals surface area contributed by atoms with Gasteiger partial charge in [-0.25, -0.2) is 0 Å². The number of nitrogens with zero attached hydrogens (tertiary/aromatic N) is 2. The number of amides is 1. The van der Waals surface area contributed by atoms with Crippen LogP contribution < -0.4 is 4.90 Å². The van der Waals surface area contributed by atoms with E-state index in [-0.39, 0.29) is 5.91 Å². The molecule has 1 rings (SSSR count). The van der Waals surface area contributed by atoms with Gasteiger partial charge in [0.1, 0.15) is 5.41 Å². The first kappa shape index (κ1) is 12.3. The highest BCUT2D eigenvalue weighted by molar-refractivity contribution is 5.98. The van der Waals surface area contributed by atoms with Gasteiger partial charge in [0, 0.05) is 12.7 Å². The number of hydrogen-bond acceptors (Lipinski definition) is 2. The molecule has 0 saturated carbocycles. The Morgan fingerprint density at radius 1 is 1.38 bits per heavy atom. The van der Waals surface area contributed by atoms with Gasteiger partial charge in [0.05, 0.1) is 6.07 Å². The molecule has 1 aromatic rings. The van der Waals surface area contributed by atoms with Crippen LogP contribution in [-0.2, 0) is 4.79 Å². The molecular formula is C13H16N2O. The Morgan fingerprint density at radius 2 is 1.94 bits per heavy atom. The highest BCUT2D eigenvalue weighted by atomic mass is 16.2. The average Bonchev–Trinajstić information content (AvgIpc) is 2.27. The van der Waals surface area contributed by atoms with Crippen LogP contribution in [0.1, 0.15) is 19.4 Å². The molecule has 3 nitrogen and oxygen atoms in total. The second kappa shape index (κ2) is 4.36. The topological polar surface area (TPSA) is 44.1 Å². The number of rotatable bonds is 2. The number of hydrogen-bond donors (Lipinski definition) is 0. The molecule has 0 spiro atoms. The lowest BCUT2D eigenvalue weighted by molar-refractivity contribution is -0.123. The zero-order valence-electron chi connectivity index (χ0n) is 10.1. The highest BCUT2D eigenvalue weighted by Crippen LogP contribution is 2.24. The first-order valence-electron chi connectivity index (χ1n) is 5.15. The summed E-state index contributed by atoms with van der Waals surface area (Å²) in [5.74, 6) is -0.190. The summed E-state index contributed by atoms with van der Waals surface area (Å²) < 4.78 is 0. The van der Waals surface area contributed by atoms with Crippen LogP contribution in [0.3, 0.4) is 0 Å². The Balaban J connectivity index is 3.06. The van der Waals surface area contributed by atoms with Crippen molar-refractivity contribution in [1.82, 2.24) is 0 Å². The molecule has 0 N–H and O–H groups in total. The molecule has 0 heterocycles. The molecule has 0 unspecified atom stereocenters. The van der Waals surface area contributed by atoms with Gasteiger partial charge in [-0.15, -0.1) is 0 Å². The first-order chi connectivity index (χ1) is 7.40. The SMILES string of the molecule is Cc1ccccc1N(C)C(=O)C(C)(C)C#N. The van der Waals surface area contributed by atoms with Crippen molar-refractivity contribution < 1.29 is 4.79 Å². The minimum Gasteiger partial charge on any atom is -0.314 e. The van der Waals surface area contributed by atoms with Crippen molar-refractivity contribution in [2.75, 3.05) is 11.9 Å². The van der Waals surface area contributed by atoms with Crippen LogP contribution in [0.5, 0.6) is 0 Å². The monoisotopic (exact) mass is 216 g/mol. The molecule has 16 heavy (non-hydrogen) atoms. The summed E-state index contributed by atoms with van der Waals surface area (Å²) in [7, 11) is 1.70. The Morgan fingerprint density at radius 3 is 2.44 bits per heavy atom. The summed E-state index contributed by atoms with van der Waals surface area (Å²) in [4.78, 5) is 13.6. The van der Waals surface area contributed by atoms with E-state index in [1.54, 1.807) is 25.8 Å². The fourth-order valence-corrected chi connectivity index (χ4v) is 1.52. The Hall–Kier alpha value is -1.82. The van der Waals surface area contributed by atoms with Gasteiger partial charge in [0.2, 0.25) is 5.91 Å². The largest absolute Gasteiger partial charge is 0.314 e. The standard InChI is InChI=1S/C13H16N2O/c1-10-7-5-6-8-11(10)15(4)12(16)13(2,3)9-14/h5-8H,1-4H3. The molecular weight excluding hydrogens is 200 g/mol. The van der Waals surface area contributed by atoms with Gasteiger partial charge in [0.15, 0.2) is 0 Å². The molecule has 0 bridgehead atoms. The number of carbonyl (C=O) groups excluding carboxylic acids is 1. The molecule has 1 amide bonds. The first-order valence-corrected chi connectivity index (χ1v) is 5.15. The van der Waals surface area contributed by atoms with Gasteiger partial charge in [-0.2, -0.15) is 5.26 Å². The lowest BCUT2D eigenvalue weighted by Gasteiger charge is -2.25. The van der Waals surface area contributed by atoms with Crippen LogP contribution in [0.25, 0.3) is 0 Å². The minimum atomic E-state index is -0.989. The highest BCUT2D eigenvalue weighted by Gasteiger charge is 2.31. The van der Waals surface area contributed by atoms with Crippen LogP contribution in [-0.4, -0.2) is 13.0 Å². The number of anilines is 1. The molecule has 0 aliphatic rings. The summed E-state index contributed by atoms with van der Waals surface area (Å²) in [5.41, 5.74) is 0.875. The van der Waals surface area contributed by atoms with Crippen molar-refractivity contribution in [2.45, 2.75) is 20.8 Å². The third kappa shape index (κ3) is 2.22. The summed E-state index contributed by atoms with van der Waals surface area (Å²) in [6.45, 7) is 5.20. The van der Waals surface area contributed by atoms with E-state index in [1.807, 2.05) is 37.3 Å². The summed E-state index contributed by atoms with van der Waals surface area (Å²) in [6.07, 6.45) is 0. The predicted molar refractivity (Wildman–Crippen MR) is 64.0 cm³/mol. The lowest BCUT2D eigenvalue weighted by atomic mass is 9.93. The number of aryl methyl sites for hydroxylation is 1. The van der Waals surface area contributed by atoms with Gasteiger partial charge < -0.3 is 4.90 Å². The molecule has 0 radical (unpaired) electrons. The predicted octanol–water partition coefficient (Wildman–Crippen LogP) is 2.51. The van der Waals surface area contributed by atoms with Crippen molar-refractivity contribution in [3.63, 3.8) is 0 Å². The number of carbonyl (C=O) groups is 1. The van der Waals surface area contributed by atoms with Crippen LogP contribution in [0, 0.1) is 23.7 Å². The van der Waals surface area contributed by atoms with Gasteiger partial charge in [-0.05, 0) is 32.4 Å². The number of para-hydroxylation sites is 1. The van der Waals surface area contributed by atoms with Crippen molar-refractivity contribution in [2.24, 2.45) is 5.41 Å². The minimum absolute atomic E-state index is 0.190. The van der Waals surface area contributed by atoms with Gasteiger partial charge >= 0.3 is 0 Å². The Kier molecular flexibility index (Phi) is 3.34. The summed E-state index contributed by atoms with van der Waals surface area (Å²) >= 11 is 0. The molecule has 0 aliphatic carbocycles. The van der Waals surface area contributed by atoms with Crippen molar-refractivity contribution in [3.05, 3.63) is 29.8 Å². The maximum absolute atomic E-state index is 12.1. The Bertz CT molecular complexity index is 443. The van der Waals surface area contributed by atoms with Crippen molar-refractivity contribution in [3.8, 4) is 6.07 Å². The van der Waals surface area contributed by atoms with E-state index in [1.165, 1.54) is 0 Å². The van der Waals surface area contributed by atoms with E-state index in [4.69, 9.17) is 5.26 Å². The van der Waals surface area contributed by atoms with E-state index < -0.39 is 5.41 Å². The van der Waals surface area contributed by atoms with Crippen molar-refractivity contribution in [1.29, 1.82) is 5.26 Å². The maximum atomic E-state index is 12.1. The zero-order chi connectivity index (χ0) is 12.3. The second-order valence-electron chi connectivity index (χ2n) is 4.39. The van der Waals surface area contributed by atoms with E-state index in [0.717, 1.165) is 11.3 Å². The molecule has 3 heteroatoms. The third-order valence-electron chi connectivity index (χ3n) is 2.60. The molecule has 1 aromatic carbocycles. The zero-order valence-corrected chi connectivity index (χ0v) is 10.1.